The van der Waals surface area contributed by atoms with Crippen molar-refractivity contribution in [2.75, 3.05) is 20.3 Å². The van der Waals surface area contributed by atoms with E-state index in [2.05, 4.69) is 5.32 Å². The summed E-state index contributed by atoms with van der Waals surface area (Å²) in [5.74, 6) is 2.05. The Morgan fingerprint density at radius 3 is 2.21 bits per heavy atom. The first-order chi connectivity index (χ1) is 18.5. The molecular formula is C31H44N2O5. The van der Waals surface area contributed by atoms with Gasteiger partial charge >= 0.3 is 0 Å². The van der Waals surface area contributed by atoms with Gasteiger partial charge in [-0.3, -0.25) is 9.59 Å². The predicted molar refractivity (Wildman–Crippen MR) is 150 cm³/mol. The Balaban J connectivity index is 1.77. The van der Waals surface area contributed by atoms with Gasteiger partial charge in [-0.1, -0.05) is 44.4 Å². The summed E-state index contributed by atoms with van der Waals surface area (Å²) in [6.07, 6.45) is 6.92. The van der Waals surface area contributed by atoms with E-state index in [1.807, 2.05) is 63.2 Å². The van der Waals surface area contributed by atoms with E-state index in [9.17, 15) is 9.59 Å². The van der Waals surface area contributed by atoms with Crippen LogP contribution < -0.4 is 19.5 Å². The molecule has 2 amide bonds. The summed E-state index contributed by atoms with van der Waals surface area (Å²) in [6, 6.07) is 13.2. The van der Waals surface area contributed by atoms with Crippen LogP contribution in [0.25, 0.3) is 0 Å². The number of benzene rings is 2. The number of hydrogen-bond donors (Lipinski definition) is 1. The van der Waals surface area contributed by atoms with Crippen molar-refractivity contribution in [3.63, 3.8) is 0 Å². The second-order valence-electron chi connectivity index (χ2n) is 9.78. The fourth-order valence-electron chi connectivity index (χ4n) is 5.04. The van der Waals surface area contributed by atoms with Crippen LogP contribution in [0.4, 0.5) is 0 Å². The summed E-state index contributed by atoms with van der Waals surface area (Å²) < 4.78 is 16.7. The van der Waals surface area contributed by atoms with Gasteiger partial charge in [0.2, 0.25) is 11.8 Å². The van der Waals surface area contributed by atoms with Crippen LogP contribution in [0.1, 0.15) is 76.8 Å². The molecule has 1 fully saturated rings. The van der Waals surface area contributed by atoms with Crippen molar-refractivity contribution < 1.29 is 23.8 Å². The molecule has 1 N–H and O–H groups in total. The van der Waals surface area contributed by atoms with Gasteiger partial charge in [0.15, 0.2) is 11.5 Å². The van der Waals surface area contributed by atoms with Crippen LogP contribution in [-0.2, 0) is 22.6 Å². The van der Waals surface area contributed by atoms with Gasteiger partial charge in [0.05, 0.1) is 20.3 Å². The monoisotopic (exact) mass is 524 g/mol. The molecule has 1 aliphatic carbocycles. The molecule has 0 heterocycles. The first-order valence-corrected chi connectivity index (χ1v) is 14.1. The summed E-state index contributed by atoms with van der Waals surface area (Å²) in [5.41, 5.74) is 1.96. The standard InChI is InChI=1S/C31H44N2O5/c1-5-27(31(35)32-25-11-9-8-10-12-25)33(22-24-13-17-26(36-4)18-14-24)30(34)20-16-23-15-19-28(37-6-2)29(21-23)38-7-3/h13-15,17-19,21,25,27H,5-12,16,20,22H2,1-4H3,(H,32,35)/t27-/m1/s1. The van der Waals surface area contributed by atoms with Crippen LogP contribution >= 0.6 is 0 Å². The highest BCUT2D eigenvalue weighted by Gasteiger charge is 2.30. The highest BCUT2D eigenvalue weighted by atomic mass is 16.5. The van der Waals surface area contributed by atoms with Gasteiger partial charge in [0, 0.05) is 19.0 Å². The molecule has 7 heteroatoms. The third-order valence-electron chi connectivity index (χ3n) is 7.08. The molecule has 208 valence electrons. The number of rotatable bonds is 14. The summed E-state index contributed by atoms with van der Waals surface area (Å²) in [6.45, 7) is 7.31. The van der Waals surface area contributed by atoms with Gasteiger partial charge in [0.25, 0.3) is 0 Å². The van der Waals surface area contributed by atoms with Crippen molar-refractivity contribution in [1.29, 1.82) is 0 Å². The largest absolute Gasteiger partial charge is 0.497 e. The smallest absolute Gasteiger partial charge is 0.243 e. The first-order valence-electron chi connectivity index (χ1n) is 14.1. The molecule has 0 aromatic heterocycles. The molecule has 0 unspecified atom stereocenters. The summed E-state index contributed by atoms with van der Waals surface area (Å²) >= 11 is 0. The molecule has 1 aliphatic rings. The Kier molecular flexibility index (Phi) is 11.8. The fourth-order valence-corrected chi connectivity index (χ4v) is 5.04. The second-order valence-corrected chi connectivity index (χ2v) is 9.78. The van der Waals surface area contributed by atoms with E-state index in [0.29, 0.717) is 50.5 Å². The molecular weight excluding hydrogens is 480 g/mol. The molecule has 0 saturated heterocycles. The molecule has 1 atom stereocenters. The molecule has 2 aromatic carbocycles. The normalized spacial score (nSPS) is 14.4. The van der Waals surface area contributed by atoms with Crippen LogP contribution in [0.5, 0.6) is 17.2 Å². The highest BCUT2D eigenvalue weighted by Crippen LogP contribution is 2.29. The molecule has 2 aromatic rings. The maximum absolute atomic E-state index is 13.7. The molecule has 38 heavy (non-hydrogen) atoms. The maximum Gasteiger partial charge on any atom is 0.243 e. The molecule has 0 bridgehead atoms. The molecule has 0 radical (unpaired) electrons. The minimum Gasteiger partial charge on any atom is -0.497 e. The zero-order valence-corrected chi connectivity index (χ0v) is 23.5. The Labute approximate surface area is 227 Å². The van der Waals surface area contributed by atoms with E-state index in [0.717, 1.165) is 42.6 Å². The number of hydrogen-bond acceptors (Lipinski definition) is 5. The van der Waals surface area contributed by atoms with Crippen LogP contribution in [0.15, 0.2) is 42.5 Å². The molecule has 1 saturated carbocycles. The van der Waals surface area contributed by atoms with E-state index >= 15 is 0 Å². The third kappa shape index (κ3) is 8.40. The average Bonchev–Trinajstić information content (AvgIpc) is 2.94. The minimum absolute atomic E-state index is 0.0432. The van der Waals surface area contributed by atoms with E-state index in [1.165, 1.54) is 6.42 Å². The Hall–Kier alpha value is -3.22. The van der Waals surface area contributed by atoms with Gasteiger partial charge in [-0.15, -0.1) is 0 Å². The maximum atomic E-state index is 13.7. The van der Waals surface area contributed by atoms with Crippen molar-refractivity contribution in [3.05, 3.63) is 53.6 Å². The summed E-state index contributed by atoms with van der Waals surface area (Å²) in [4.78, 5) is 28.8. The minimum atomic E-state index is -0.522. The predicted octanol–water partition coefficient (Wildman–Crippen LogP) is 5.68. The lowest BCUT2D eigenvalue weighted by Crippen LogP contribution is -2.51. The van der Waals surface area contributed by atoms with Crippen molar-refractivity contribution in [3.8, 4) is 17.2 Å². The van der Waals surface area contributed by atoms with Crippen molar-refractivity contribution in [1.82, 2.24) is 10.2 Å². The SMILES string of the molecule is CCOc1ccc(CCC(=O)N(Cc2ccc(OC)cc2)[C@H](CC)C(=O)NC2CCCCC2)cc1OCC. The van der Waals surface area contributed by atoms with Gasteiger partial charge in [-0.25, -0.2) is 0 Å². The Morgan fingerprint density at radius 1 is 0.921 bits per heavy atom. The number of carbonyl (C=O) groups excluding carboxylic acids is 2. The van der Waals surface area contributed by atoms with Crippen molar-refractivity contribution >= 4 is 11.8 Å². The highest BCUT2D eigenvalue weighted by molar-refractivity contribution is 5.88. The number of nitrogens with zero attached hydrogens (tertiary/aromatic N) is 1. The van der Waals surface area contributed by atoms with Gasteiger partial charge < -0.3 is 24.4 Å². The Bertz CT molecular complexity index is 1020. The van der Waals surface area contributed by atoms with E-state index in [4.69, 9.17) is 14.2 Å². The quantitative estimate of drug-likeness (QED) is 0.344. The van der Waals surface area contributed by atoms with Crippen molar-refractivity contribution in [2.45, 2.75) is 90.8 Å². The lowest BCUT2D eigenvalue weighted by Gasteiger charge is -2.33. The van der Waals surface area contributed by atoms with Crippen LogP contribution in [0.2, 0.25) is 0 Å². The zero-order chi connectivity index (χ0) is 27.3. The number of methoxy groups -OCH3 is 1. The average molecular weight is 525 g/mol. The molecule has 0 aliphatic heterocycles. The van der Waals surface area contributed by atoms with E-state index in [-0.39, 0.29) is 17.9 Å². The van der Waals surface area contributed by atoms with Gasteiger partial charge in [-0.05, 0) is 74.9 Å². The molecule has 0 spiro atoms. The number of carbonyl (C=O) groups is 2. The molecule has 3 rings (SSSR count). The number of aryl methyl sites for hydroxylation is 1. The van der Waals surface area contributed by atoms with Crippen LogP contribution in [0.3, 0.4) is 0 Å². The number of ether oxygens (including phenoxy) is 3. The van der Waals surface area contributed by atoms with Crippen molar-refractivity contribution in [2.24, 2.45) is 0 Å². The van der Waals surface area contributed by atoms with E-state index in [1.54, 1.807) is 12.0 Å². The first kappa shape index (κ1) is 29.3. The topological polar surface area (TPSA) is 77.1 Å². The number of nitrogens with one attached hydrogen (secondary N) is 1. The third-order valence-corrected chi connectivity index (χ3v) is 7.08. The summed E-state index contributed by atoms with van der Waals surface area (Å²) in [5, 5.41) is 3.24. The zero-order valence-electron chi connectivity index (χ0n) is 23.5. The lowest BCUT2D eigenvalue weighted by atomic mass is 9.95. The number of amides is 2. The van der Waals surface area contributed by atoms with E-state index < -0.39 is 6.04 Å². The van der Waals surface area contributed by atoms with Crippen LogP contribution in [-0.4, -0.2) is 49.1 Å². The molecule has 7 nitrogen and oxygen atoms in total. The van der Waals surface area contributed by atoms with Gasteiger partial charge in [0.1, 0.15) is 11.8 Å². The van der Waals surface area contributed by atoms with Gasteiger partial charge in [-0.2, -0.15) is 0 Å². The fraction of sp³-hybridized carbons (Fsp3) is 0.548. The lowest BCUT2D eigenvalue weighted by molar-refractivity contribution is -0.141. The van der Waals surface area contributed by atoms with Crippen LogP contribution in [0, 0.1) is 0 Å². The summed E-state index contributed by atoms with van der Waals surface area (Å²) in [7, 11) is 1.63. The second kappa shape index (κ2) is 15.3. The Morgan fingerprint density at radius 2 is 1.58 bits per heavy atom.